The van der Waals surface area contributed by atoms with Crippen LogP contribution in [0.2, 0.25) is 5.02 Å². The lowest BCUT2D eigenvalue weighted by Crippen LogP contribution is -2.16. The first-order chi connectivity index (χ1) is 11.6. The van der Waals surface area contributed by atoms with E-state index in [9.17, 15) is 4.79 Å². The summed E-state index contributed by atoms with van der Waals surface area (Å²) in [6.45, 7) is 2.01. The average molecular weight is 355 g/mol. The van der Waals surface area contributed by atoms with Gasteiger partial charge in [0.2, 0.25) is 0 Å². The van der Waals surface area contributed by atoms with Crippen molar-refractivity contribution in [1.82, 2.24) is 5.43 Å². The highest BCUT2D eigenvalue weighted by atomic mass is 35.5. The summed E-state index contributed by atoms with van der Waals surface area (Å²) in [5.41, 5.74) is 4.71. The second-order valence-electron chi connectivity index (χ2n) is 5.23. The zero-order chi connectivity index (χ0) is 16.9. The van der Waals surface area contributed by atoms with Gasteiger partial charge in [0.15, 0.2) is 0 Å². The van der Waals surface area contributed by atoms with Crippen molar-refractivity contribution in [2.45, 2.75) is 6.92 Å². The van der Waals surface area contributed by atoms with Crippen molar-refractivity contribution in [2.75, 3.05) is 0 Å². The minimum absolute atomic E-state index is 0.303. The molecule has 3 rings (SSSR count). The fraction of sp³-hybridized carbons (Fsp3) is 0.0526. The SMILES string of the molecule is Cc1ccc2c(Cl)c(C(=O)NN=CC=Cc3ccccc3)sc2c1. The van der Waals surface area contributed by atoms with Gasteiger partial charge in [-0.05, 0) is 30.2 Å². The van der Waals surface area contributed by atoms with Gasteiger partial charge in [-0.2, -0.15) is 5.10 Å². The second-order valence-corrected chi connectivity index (χ2v) is 6.66. The van der Waals surface area contributed by atoms with E-state index in [-0.39, 0.29) is 5.91 Å². The monoisotopic (exact) mass is 354 g/mol. The lowest BCUT2D eigenvalue weighted by Gasteiger charge is -1.96. The Bertz CT molecular complexity index is 929. The molecule has 0 fully saturated rings. The molecule has 1 heterocycles. The molecule has 3 aromatic rings. The Balaban J connectivity index is 1.68. The van der Waals surface area contributed by atoms with E-state index in [1.54, 1.807) is 6.08 Å². The number of nitrogens with zero attached hydrogens (tertiary/aromatic N) is 1. The molecule has 1 aromatic heterocycles. The first-order valence-electron chi connectivity index (χ1n) is 7.39. The Morgan fingerprint density at radius 3 is 2.79 bits per heavy atom. The van der Waals surface area contributed by atoms with Gasteiger partial charge in [0.1, 0.15) is 4.88 Å². The Morgan fingerprint density at radius 2 is 2.00 bits per heavy atom. The maximum absolute atomic E-state index is 12.2. The fourth-order valence-electron chi connectivity index (χ4n) is 2.23. The second kappa shape index (κ2) is 7.43. The Kier molecular flexibility index (Phi) is 5.08. The number of carbonyl (C=O) groups excluding carboxylic acids is 1. The van der Waals surface area contributed by atoms with Crippen LogP contribution in [0.4, 0.5) is 0 Å². The van der Waals surface area contributed by atoms with Crippen LogP contribution in [0, 0.1) is 6.92 Å². The molecule has 24 heavy (non-hydrogen) atoms. The molecule has 1 amide bonds. The number of halogens is 1. The molecule has 0 aliphatic heterocycles. The molecule has 0 unspecified atom stereocenters. The van der Waals surface area contributed by atoms with Gasteiger partial charge in [-0.3, -0.25) is 4.79 Å². The smallest absolute Gasteiger partial charge is 0.266 e. The summed E-state index contributed by atoms with van der Waals surface area (Å²) in [6.07, 6.45) is 5.21. The van der Waals surface area contributed by atoms with E-state index in [2.05, 4.69) is 10.5 Å². The van der Waals surface area contributed by atoms with Crippen LogP contribution < -0.4 is 5.43 Å². The number of carbonyl (C=O) groups is 1. The number of fused-ring (bicyclic) bond motifs is 1. The number of hydrogen-bond acceptors (Lipinski definition) is 3. The standard InChI is InChI=1S/C19H15ClN2OS/c1-13-9-10-15-16(12-13)24-18(17(15)20)19(23)22-21-11-5-8-14-6-3-2-4-7-14/h2-12H,1H3,(H,22,23). The first-order valence-corrected chi connectivity index (χ1v) is 8.58. The van der Waals surface area contributed by atoms with Crippen LogP contribution in [-0.2, 0) is 0 Å². The third-order valence-corrected chi connectivity index (χ3v) is 5.06. The molecule has 0 aliphatic rings. The van der Waals surface area contributed by atoms with Gasteiger partial charge in [0.25, 0.3) is 5.91 Å². The zero-order valence-electron chi connectivity index (χ0n) is 13.0. The van der Waals surface area contributed by atoms with Crippen molar-refractivity contribution in [3.05, 3.63) is 75.6 Å². The van der Waals surface area contributed by atoms with Crippen LogP contribution >= 0.6 is 22.9 Å². The minimum Gasteiger partial charge on any atom is -0.266 e. The molecule has 0 aliphatic carbocycles. The van der Waals surface area contributed by atoms with Crippen molar-refractivity contribution < 1.29 is 4.79 Å². The summed E-state index contributed by atoms with van der Waals surface area (Å²) in [7, 11) is 0. The molecule has 0 spiro atoms. The Hall–Kier alpha value is -2.43. The fourth-order valence-corrected chi connectivity index (χ4v) is 3.73. The van der Waals surface area contributed by atoms with Gasteiger partial charge < -0.3 is 0 Å². The van der Waals surface area contributed by atoms with Crippen LogP contribution in [0.15, 0.2) is 59.7 Å². The summed E-state index contributed by atoms with van der Waals surface area (Å²) in [6, 6.07) is 15.8. The number of amides is 1. The van der Waals surface area contributed by atoms with E-state index < -0.39 is 0 Å². The van der Waals surface area contributed by atoms with Crippen molar-refractivity contribution in [3.63, 3.8) is 0 Å². The summed E-state index contributed by atoms with van der Waals surface area (Å²) in [5, 5.41) is 5.30. The average Bonchev–Trinajstić information content (AvgIpc) is 2.91. The summed E-state index contributed by atoms with van der Waals surface area (Å²) >= 11 is 7.68. The molecule has 0 saturated heterocycles. The maximum atomic E-state index is 12.2. The molecule has 120 valence electrons. The van der Waals surface area contributed by atoms with E-state index in [1.165, 1.54) is 17.6 Å². The number of nitrogens with one attached hydrogen (secondary N) is 1. The quantitative estimate of drug-likeness (QED) is 0.501. The number of thiophene rings is 1. The summed E-state index contributed by atoms with van der Waals surface area (Å²) in [5.74, 6) is -0.303. The highest BCUT2D eigenvalue weighted by molar-refractivity contribution is 7.21. The van der Waals surface area contributed by atoms with Crippen molar-refractivity contribution >= 4 is 51.2 Å². The van der Waals surface area contributed by atoms with Gasteiger partial charge in [0, 0.05) is 16.3 Å². The van der Waals surface area contributed by atoms with E-state index in [0.29, 0.717) is 9.90 Å². The van der Waals surface area contributed by atoms with E-state index in [0.717, 1.165) is 21.2 Å². The molecule has 5 heteroatoms. The Morgan fingerprint density at radius 1 is 1.21 bits per heavy atom. The Labute approximate surface area is 149 Å². The molecule has 0 radical (unpaired) electrons. The van der Waals surface area contributed by atoms with Crippen LogP contribution in [-0.4, -0.2) is 12.1 Å². The highest BCUT2D eigenvalue weighted by Crippen LogP contribution is 2.35. The predicted molar refractivity (Wildman–Crippen MR) is 103 cm³/mol. The van der Waals surface area contributed by atoms with Gasteiger partial charge >= 0.3 is 0 Å². The molecular formula is C19H15ClN2OS. The number of benzene rings is 2. The third-order valence-electron chi connectivity index (χ3n) is 3.41. The van der Waals surface area contributed by atoms with Gasteiger partial charge in [-0.15, -0.1) is 11.3 Å². The molecule has 0 atom stereocenters. The number of hydrogen-bond donors (Lipinski definition) is 1. The van der Waals surface area contributed by atoms with Crippen LogP contribution in [0.1, 0.15) is 20.8 Å². The van der Waals surface area contributed by atoms with Crippen LogP contribution in [0.25, 0.3) is 16.2 Å². The van der Waals surface area contributed by atoms with Crippen LogP contribution in [0.5, 0.6) is 0 Å². The number of allylic oxidation sites excluding steroid dienone is 1. The number of rotatable bonds is 4. The normalized spacial score (nSPS) is 11.6. The van der Waals surface area contributed by atoms with Gasteiger partial charge in [0.05, 0.1) is 5.02 Å². The van der Waals surface area contributed by atoms with Crippen LogP contribution in [0.3, 0.4) is 0 Å². The topological polar surface area (TPSA) is 41.5 Å². The number of aryl methyl sites for hydroxylation is 1. The molecule has 0 bridgehead atoms. The lowest BCUT2D eigenvalue weighted by atomic mass is 10.2. The third kappa shape index (κ3) is 3.72. The van der Waals surface area contributed by atoms with Crippen molar-refractivity contribution in [3.8, 4) is 0 Å². The molecule has 1 N–H and O–H groups in total. The first kappa shape index (κ1) is 16.4. The molecule has 0 saturated carbocycles. The summed E-state index contributed by atoms with van der Waals surface area (Å²) in [4.78, 5) is 12.7. The van der Waals surface area contributed by atoms with Crippen molar-refractivity contribution in [2.24, 2.45) is 5.10 Å². The zero-order valence-corrected chi connectivity index (χ0v) is 14.6. The molecule has 2 aromatic carbocycles. The van der Waals surface area contributed by atoms with E-state index >= 15 is 0 Å². The van der Waals surface area contributed by atoms with Gasteiger partial charge in [-0.1, -0.05) is 60.1 Å². The van der Waals surface area contributed by atoms with Gasteiger partial charge in [-0.25, -0.2) is 5.43 Å². The largest absolute Gasteiger partial charge is 0.283 e. The number of hydrazone groups is 1. The molecular weight excluding hydrogens is 340 g/mol. The van der Waals surface area contributed by atoms with E-state index in [1.807, 2.05) is 61.5 Å². The lowest BCUT2D eigenvalue weighted by molar-refractivity contribution is 0.0959. The minimum atomic E-state index is -0.303. The maximum Gasteiger partial charge on any atom is 0.283 e. The summed E-state index contributed by atoms with van der Waals surface area (Å²) < 4.78 is 0.998. The van der Waals surface area contributed by atoms with Crippen molar-refractivity contribution in [1.29, 1.82) is 0 Å². The molecule has 3 nitrogen and oxygen atoms in total. The predicted octanol–water partition coefficient (Wildman–Crippen LogP) is 5.29. The van der Waals surface area contributed by atoms with E-state index in [4.69, 9.17) is 11.6 Å². The highest BCUT2D eigenvalue weighted by Gasteiger charge is 2.16.